The average molecular weight is 319 g/mol. The number of halogens is 9. The molecule has 0 aliphatic carbocycles. The van der Waals surface area contributed by atoms with Crippen molar-refractivity contribution in [1.82, 2.24) is 4.90 Å². The van der Waals surface area contributed by atoms with Crippen molar-refractivity contribution in [3.05, 3.63) is 12.2 Å². The number of nitrogens with zero attached hydrogens (tertiary/aromatic N) is 1. The molecule has 3 nitrogen and oxygen atoms in total. The molecule has 0 bridgehead atoms. The van der Waals surface area contributed by atoms with Gasteiger partial charge in [-0.15, -0.1) is 0 Å². The van der Waals surface area contributed by atoms with E-state index < -0.39 is 48.0 Å². The molecule has 118 valence electrons. The topological polar surface area (TPSA) is 21.7 Å². The number of alkyl halides is 8. The van der Waals surface area contributed by atoms with Crippen molar-refractivity contribution in [1.29, 1.82) is 0 Å². The summed E-state index contributed by atoms with van der Waals surface area (Å²) in [6, 6.07) is -14.1. The number of ether oxygens (including phenoxy) is 2. The Morgan fingerprint density at radius 2 is 1.40 bits per heavy atom. The lowest BCUT2D eigenvalue weighted by molar-refractivity contribution is -0.555. The molecule has 1 rings (SSSR count). The lowest BCUT2D eigenvalue weighted by Crippen LogP contribution is -2.72. The Morgan fingerprint density at radius 3 is 1.75 bits per heavy atom. The Bertz CT molecular complexity index is 383. The van der Waals surface area contributed by atoms with Gasteiger partial charge in [-0.25, -0.2) is 9.64 Å². The van der Waals surface area contributed by atoms with Crippen LogP contribution >= 0.6 is 0 Å². The van der Waals surface area contributed by atoms with Gasteiger partial charge in [-0.2, -0.15) is 39.5 Å². The summed E-state index contributed by atoms with van der Waals surface area (Å²) in [7, 11) is 0. The zero-order valence-corrected chi connectivity index (χ0v) is 9.45. The highest BCUT2D eigenvalue weighted by Crippen LogP contribution is 2.55. The van der Waals surface area contributed by atoms with Gasteiger partial charge in [0.05, 0.1) is 12.8 Å². The fourth-order valence-electron chi connectivity index (χ4n) is 1.18. The van der Waals surface area contributed by atoms with Crippen molar-refractivity contribution in [3.63, 3.8) is 0 Å². The first-order valence-electron chi connectivity index (χ1n) is 4.80. The van der Waals surface area contributed by atoms with Crippen LogP contribution in [0.5, 0.6) is 0 Å². The van der Waals surface area contributed by atoms with Gasteiger partial charge in [0.2, 0.25) is 0 Å². The zero-order chi connectivity index (χ0) is 16.0. The zero-order valence-electron chi connectivity index (χ0n) is 9.45. The van der Waals surface area contributed by atoms with Crippen molar-refractivity contribution >= 4 is 0 Å². The molecule has 1 aliphatic rings. The third-order valence-electron chi connectivity index (χ3n) is 2.07. The highest BCUT2D eigenvalue weighted by Gasteiger charge is 2.82. The summed E-state index contributed by atoms with van der Waals surface area (Å²) in [6.07, 6.45) is -12.9. The second-order valence-electron chi connectivity index (χ2n) is 3.45. The minimum Gasteiger partial charge on any atom is -0.470 e. The minimum absolute atomic E-state index is 0.545. The van der Waals surface area contributed by atoms with Crippen LogP contribution in [-0.4, -0.2) is 35.8 Å². The second-order valence-corrected chi connectivity index (χ2v) is 3.45. The molecule has 0 saturated carbocycles. The van der Waals surface area contributed by atoms with Crippen molar-refractivity contribution < 1.29 is 49.0 Å². The van der Waals surface area contributed by atoms with Gasteiger partial charge in [-0.05, 0) is 6.92 Å². The summed E-state index contributed by atoms with van der Waals surface area (Å²) in [4.78, 5) is -2.13. The standard InChI is InChI=1S/C8H6F9NO2/c1-2-19-4(9)3-18-5(10,11)7(14,15)20-8(16,17)6(18,12)13/h3H,2H2,1H3. The quantitative estimate of drug-likeness (QED) is 0.451. The van der Waals surface area contributed by atoms with E-state index in [1.807, 2.05) is 0 Å². The van der Waals surface area contributed by atoms with Crippen LogP contribution in [0.1, 0.15) is 6.92 Å². The first kappa shape index (κ1) is 16.7. The molecule has 0 aromatic carbocycles. The summed E-state index contributed by atoms with van der Waals surface area (Å²) < 4.78 is 122. The molecular weight excluding hydrogens is 313 g/mol. The Labute approximate surface area is 105 Å². The molecule has 1 aliphatic heterocycles. The first-order chi connectivity index (χ1) is 8.79. The SMILES string of the molecule is CCOC(F)=CN1C(F)(F)C(F)(F)OC(F)(F)C1(F)F. The molecule has 12 heteroatoms. The average Bonchev–Trinajstić information content (AvgIpc) is 2.22. The van der Waals surface area contributed by atoms with Crippen LogP contribution < -0.4 is 0 Å². The van der Waals surface area contributed by atoms with Crippen molar-refractivity contribution in [2.75, 3.05) is 6.61 Å². The maximum atomic E-state index is 13.1. The van der Waals surface area contributed by atoms with Gasteiger partial charge in [0.1, 0.15) is 0 Å². The maximum Gasteiger partial charge on any atom is 0.445 e. The van der Waals surface area contributed by atoms with E-state index in [4.69, 9.17) is 0 Å². The molecule has 0 amide bonds. The predicted molar refractivity (Wildman–Crippen MR) is 43.5 cm³/mol. The van der Waals surface area contributed by atoms with Gasteiger partial charge < -0.3 is 4.74 Å². The molecule has 0 aromatic rings. The molecular formula is C8H6F9NO2. The Balaban J connectivity index is 3.36. The fourth-order valence-corrected chi connectivity index (χ4v) is 1.18. The van der Waals surface area contributed by atoms with E-state index in [0.29, 0.717) is 0 Å². The second kappa shape index (κ2) is 4.60. The first-order valence-corrected chi connectivity index (χ1v) is 4.80. The van der Waals surface area contributed by atoms with Crippen molar-refractivity contribution in [3.8, 4) is 0 Å². The summed E-state index contributed by atoms with van der Waals surface area (Å²) in [5.74, 6) is 0. The molecule has 1 fully saturated rings. The predicted octanol–water partition coefficient (Wildman–Crippen LogP) is 3.49. The lowest BCUT2D eigenvalue weighted by atomic mass is 10.3. The van der Waals surface area contributed by atoms with Gasteiger partial charge in [0, 0.05) is 0 Å². The molecule has 0 aromatic heterocycles. The highest BCUT2D eigenvalue weighted by molar-refractivity contribution is 5.01. The minimum atomic E-state index is -5.98. The van der Waals surface area contributed by atoms with E-state index in [9.17, 15) is 39.5 Å². The van der Waals surface area contributed by atoms with E-state index in [0.717, 1.165) is 6.92 Å². The molecule has 20 heavy (non-hydrogen) atoms. The maximum absolute atomic E-state index is 13.1. The molecule has 1 saturated heterocycles. The van der Waals surface area contributed by atoms with Gasteiger partial charge in [0.15, 0.2) is 0 Å². The molecule has 0 spiro atoms. The molecule has 0 N–H and O–H groups in total. The van der Waals surface area contributed by atoms with Crippen LogP contribution in [0.3, 0.4) is 0 Å². The summed E-state index contributed by atoms with van der Waals surface area (Å²) >= 11 is 0. The monoisotopic (exact) mass is 319 g/mol. The summed E-state index contributed by atoms with van der Waals surface area (Å²) in [6.45, 7) is 0.558. The Kier molecular flexibility index (Phi) is 3.85. The van der Waals surface area contributed by atoms with Crippen LogP contribution in [0.25, 0.3) is 0 Å². The van der Waals surface area contributed by atoms with Gasteiger partial charge in [0.25, 0.3) is 6.01 Å². The normalized spacial score (nSPS) is 27.3. The molecule has 0 radical (unpaired) electrons. The van der Waals surface area contributed by atoms with E-state index >= 15 is 0 Å². The number of morpholine rings is 1. The molecule has 0 unspecified atom stereocenters. The number of rotatable bonds is 3. The smallest absolute Gasteiger partial charge is 0.445 e. The highest BCUT2D eigenvalue weighted by atomic mass is 19.4. The Hall–Kier alpha value is -1.33. The van der Waals surface area contributed by atoms with E-state index in [2.05, 4.69) is 9.47 Å². The lowest BCUT2D eigenvalue weighted by Gasteiger charge is -2.46. The number of hydrogen-bond acceptors (Lipinski definition) is 3. The van der Waals surface area contributed by atoms with Crippen LogP contribution in [0, 0.1) is 0 Å². The van der Waals surface area contributed by atoms with Crippen LogP contribution in [-0.2, 0) is 9.47 Å². The van der Waals surface area contributed by atoms with Crippen LogP contribution in [0.15, 0.2) is 12.2 Å². The van der Waals surface area contributed by atoms with E-state index in [1.54, 1.807) is 0 Å². The van der Waals surface area contributed by atoms with E-state index in [-0.39, 0.29) is 0 Å². The summed E-state index contributed by atoms with van der Waals surface area (Å²) in [5, 5.41) is 0. The van der Waals surface area contributed by atoms with Gasteiger partial charge in [-0.1, -0.05) is 0 Å². The largest absolute Gasteiger partial charge is 0.470 e. The van der Waals surface area contributed by atoms with Gasteiger partial charge in [-0.3, -0.25) is 0 Å². The van der Waals surface area contributed by atoms with E-state index in [1.165, 1.54) is 0 Å². The van der Waals surface area contributed by atoms with Crippen molar-refractivity contribution in [2.45, 2.75) is 31.2 Å². The third kappa shape index (κ3) is 2.36. The molecule has 1 heterocycles. The molecule has 0 atom stereocenters. The summed E-state index contributed by atoms with van der Waals surface area (Å²) in [5.41, 5.74) is 0. The van der Waals surface area contributed by atoms with Crippen molar-refractivity contribution in [2.24, 2.45) is 0 Å². The van der Waals surface area contributed by atoms with Gasteiger partial charge >= 0.3 is 24.3 Å². The van der Waals surface area contributed by atoms with Crippen LogP contribution in [0.2, 0.25) is 0 Å². The third-order valence-corrected chi connectivity index (χ3v) is 2.07. The fraction of sp³-hybridized carbons (Fsp3) is 0.750. The van der Waals surface area contributed by atoms with Crippen LogP contribution in [0.4, 0.5) is 39.5 Å². The Morgan fingerprint density at radius 1 is 1.00 bits per heavy atom. The number of hydrogen-bond donors (Lipinski definition) is 0.